The molecule has 0 bridgehead atoms. The maximum Gasteiger partial charge on any atom is 0.230 e. The molecule has 0 saturated carbocycles. The Hall–Kier alpha value is -1.75. The van der Waals surface area contributed by atoms with E-state index in [1.165, 1.54) is 11.3 Å². The summed E-state index contributed by atoms with van der Waals surface area (Å²) in [5.74, 6) is 2.40. The van der Waals surface area contributed by atoms with E-state index in [2.05, 4.69) is 10.5 Å². The number of benzene rings is 1. The lowest BCUT2D eigenvalue weighted by molar-refractivity contribution is 0.367. The minimum absolute atomic E-state index is 0.497. The van der Waals surface area contributed by atoms with E-state index in [0.717, 1.165) is 0 Å². The minimum Gasteiger partial charge on any atom is -0.497 e. The lowest BCUT2D eigenvalue weighted by atomic mass is 10.3. The van der Waals surface area contributed by atoms with Crippen LogP contribution in [0.2, 0.25) is 0 Å². The minimum atomic E-state index is 0.497. The van der Waals surface area contributed by atoms with Crippen LogP contribution in [0.25, 0.3) is 0 Å². The predicted molar refractivity (Wildman–Crippen MR) is 60.6 cm³/mol. The molecule has 5 heteroatoms. The van der Waals surface area contributed by atoms with E-state index < -0.39 is 0 Å². The molecule has 0 atom stereocenters. The Morgan fingerprint density at radius 2 is 2.06 bits per heavy atom. The summed E-state index contributed by atoms with van der Waals surface area (Å²) in [5, 5.41) is 1.76. The zero-order valence-corrected chi connectivity index (χ0v) is 9.71. The van der Waals surface area contributed by atoms with Gasteiger partial charge >= 0.3 is 0 Å². The molecule has 2 rings (SSSR count). The Morgan fingerprint density at radius 3 is 2.69 bits per heavy atom. The van der Waals surface area contributed by atoms with Gasteiger partial charge < -0.3 is 14.2 Å². The van der Waals surface area contributed by atoms with Gasteiger partial charge in [-0.3, -0.25) is 0 Å². The molecule has 83 valence electrons. The van der Waals surface area contributed by atoms with Gasteiger partial charge in [-0.2, -0.15) is 4.98 Å². The summed E-state index contributed by atoms with van der Waals surface area (Å²) >= 11 is 1.35. The number of hydrogen-bond donors (Lipinski definition) is 0. The second-order valence-electron chi connectivity index (χ2n) is 2.90. The first-order valence-electron chi connectivity index (χ1n) is 4.55. The number of aromatic nitrogens is 1. The van der Waals surface area contributed by atoms with Crippen LogP contribution >= 0.6 is 11.3 Å². The maximum absolute atomic E-state index is 5.55. The average Bonchev–Trinajstić information content (AvgIpc) is 2.82. The molecule has 0 aliphatic carbocycles. The van der Waals surface area contributed by atoms with Crippen molar-refractivity contribution in [2.45, 2.75) is 0 Å². The summed E-state index contributed by atoms with van der Waals surface area (Å²) < 4.78 is 15.8. The Labute approximate surface area is 97.4 Å². The van der Waals surface area contributed by atoms with Gasteiger partial charge in [-0.05, 0) is 12.1 Å². The second-order valence-corrected chi connectivity index (χ2v) is 3.55. The third kappa shape index (κ3) is 2.25. The van der Waals surface area contributed by atoms with Crippen LogP contribution in [0.1, 0.15) is 0 Å². The van der Waals surface area contributed by atoms with Crippen LogP contribution in [-0.4, -0.2) is 19.2 Å². The number of ether oxygens (including phenoxy) is 3. The van der Waals surface area contributed by atoms with Crippen LogP contribution in [0.5, 0.6) is 23.1 Å². The highest BCUT2D eigenvalue weighted by atomic mass is 32.1. The van der Waals surface area contributed by atoms with Gasteiger partial charge in [-0.1, -0.05) is 0 Å². The second kappa shape index (κ2) is 4.85. The number of methoxy groups -OCH3 is 2. The van der Waals surface area contributed by atoms with Gasteiger partial charge in [0.25, 0.3) is 0 Å². The van der Waals surface area contributed by atoms with Gasteiger partial charge in [0.05, 0.1) is 19.6 Å². The van der Waals surface area contributed by atoms with Gasteiger partial charge in [0.1, 0.15) is 5.75 Å². The van der Waals surface area contributed by atoms with Crippen molar-refractivity contribution in [3.8, 4) is 23.1 Å². The van der Waals surface area contributed by atoms with Gasteiger partial charge in [0.2, 0.25) is 5.88 Å². The standard InChI is InChI=1S/C11H10NO3S/c1-13-8-3-4-9(14-2)10(5-8)15-11-6-16-7-12-11/h3-6H,1-2H3. The number of thiazole rings is 1. The van der Waals surface area contributed by atoms with Crippen LogP contribution in [0.4, 0.5) is 0 Å². The fraction of sp³-hybridized carbons (Fsp3) is 0.182. The predicted octanol–water partition coefficient (Wildman–Crippen LogP) is 2.75. The van der Waals surface area contributed by atoms with E-state index in [1.807, 2.05) is 0 Å². The molecule has 2 aromatic rings. The molecule has 0 unspecified atom stereocenters. The molecule has 1 aromatic heterocycles. The third-order valence-corrected chi connectivity index (χ3v) is 2.47. The average molecular weight is 236 g/mol. The molecule has 0 spiro atoms. The molecule has 16 heavy (non-hydrogen) atoms. The zero-order valence-electron chi connectivity index (χ0n) is 8.89. The van der Waals surface area contributed by atoms with Crippen molar-refractivity contribution in [2.24, 2.45) is 0 Å². The molecule has 0 saturated heterocycles. The summed E-state index contributed by atoms with van der Waals surface area (Å²) in [4.78, 5) is 3.92. The van der Waals surface area contributed by atoms with Gasteiger partial charge in [-0.15, -0.1) is 11.3 Å². The maximum atomic E-state index is 5.55. The van der Waals surface area contributed by atoms with Crippen LogP contribution in [0.3, 0.4) is 0 Å². The van der Waals surface area contributed by atoms with Crippen LogP contribution < -0.4 is 14.2 Å². The highest BCUT2D eigenvalue weighted by molar-refractivity contribution is 7.07. The first-order valence-corrected chi connectivity index (χ1v) is 5.43. The van der Waals surface area contributed by atoms with E-state index in [4.69, 9.17) is 14.2 Å². The number of rotatable bonds is 4. The summed E-state index contributed by atoms with van der Waals surface area (Å²) in [5.41, 5.74) is 2.71. The Bertz CT molecular complexity index is 456. The van der Waals surface area contributed by atoms with E-state index in [0.29, 0.717) is 23.1 Å². The van der Waals surface area contributed by atoms with Crippen molar-refractivity contribution < 1.29 is 14.2 Å². The lowest BCUT2D eigenvalue weighted by Crippen LogP contribution is -1.91. The smallest absolute Gasteiger partial charge is 0.230 e. The quantitative estimate of drug-likeness (QED) is 0.818. The first-order chi connectivity index (χ1) is 7.83. The fourth-order valence-corrected chi connectivity index (χ4v) is 1.59. The molecule has 4 nitrogen and oxygen atoms in total. The summed E-state index contributed by atoms with van der Waals surface area (Å²) in [6, 6.07) is 5.33. The highest BCUT2D eigenvalue weighted by Gasteiger charge is 2.08. The van der Waals surface area contributed by atoms with Gasteiger partial charge in [-0.25, -0.2) is 0 Å². The normalized spacial score (nSPS) is 9.88. The molecule has 1 aromatic carbocycles. The molecule has 0 amide bonds. The van der Waals surface area contributed by atoms with Gasteiger partial charge in [0, 0.05) is 6.07 Å². The molecule has 0 aliphatic rings. The molecular weight excluding hydrogens is 226 g/mol. The van der Waals surface area contributed by atoms with E-state index in [-0.39, 0.29) is 0 Å². The SMILES string of the molecule is COc1ccc(OC)c(Oc2cs[c]n2)c1. The van der Waals surface area contributed by atoms with Crippen molar-refractivity contribution in [3.05, 3.63) is 29.1 Å². The molecule has 0 fully saturated rings. The summed E-state index contributed by atoms with van der Waals surface area (Å²) in [7, 11) is 3.18. The van der Waals surface area contributed by atoms with Gasteiger partial charge in [0.15, 0.2) is 17.0 Å². The zero-order chi connectivity index (χ0) is 11.4. The van der Waals surface area contributed by atoms with E-state index in [9.17, 15) is 0 Å². The number of hydrogen-bond acceptors (Lipinski definition) is 5. The van der Waals surface area contributed by atoms with Crippen LogP contribution in [0, 0.1) is 5.51 Å². The molecule has 1 heterocycles. The van der Waals surface area contributed by atoms with Crippen molar-refractivity contribution in [1.82, 2.24) is 4.98 Å². The molecule has 1 radical (unpaired) electrons. The molecule has 0 N–H and O–H groups in total. The third-order valence-electron chi connectivity index (χ3n) is 1.95. The number of nitrogens with zero attached hydrogens (tertiary/aromatic N) is 1. The van der Waals surface area contributed by atoms with Crippen LogP contribution in [-0.2, 0) is 0 Å². The van der Waals surface area contributed by atoms with Crippen molar-refractivity contribution >= 4 is 11.3 Å². The fourth-order valence-electron chi connectivity index (χ4n) is 1.20. The lowest BCUT2D eigenvalue weighted by Gasteiger charge is -2.09. The van der Waals surface area contributed by atoms with Crippen LogP contribution in [0.15, 0.2) is 23.6 Å². The van der Waals surface area contributed by atoms with E-state index in [1.54, 1.807) is 37.8 Å². The summed E-state index contributed by atoms with van der Waals surface area (Å²) in [6.07, 6.45) is 0. The van der Waals surface area contributed by atoms with E-state index >= 15 is 0 Å². The molecule has 0 aliphatic heterocycles. The summed E-state index contributed by atoms with van der Waals surface area (Å²) in [6.45, 7) is 0. The topological polar surface area (TPSA) is 40.6 Å². The Kier molecular flexibility index (Phi) is 3.26. The Balaban J connectivity index is 2.30. The molecular formula is C11H10NO3S. The van der Waals surface area contributed by atoms with Crippen molar-refractivity contribution in [2.75, 3.05) is 14.2 Å². The van der Waals surface area contributed by atoms with Crippen molar-refractivity contribution in [1.29, 1.82) is 0 Å². The highest BCUT2D eigenvalue weighted by Crippen LogP contribution is 2.34. The first kappa shape index (κ1) is 10.8. The Morgan fingerprint density at radius 1 is 1.19 bits per heavy atom. The monoisotopic (exact) mass is 236 g/mol. The largest absolute Gasteiger partial charge is 0.497 e. The van der Waals surface area contributed by atoms with Crippen molar-refractivity contribution in [3.63, 3.8) is 0 Å².